The molecular formula is C25H26ClN5O3. The molecule has 2 aliphatic carbocycles. The lowest BCUT2D eigenvalue weighted by atomic mass is 9.92. The van der Waals surface area contributed by atoms with Crippen molar-refractivity contribution in [2.75, 3.05) is 18.0 Å². The molecule has 0 radical (unpaired) electrons. The lowest BCUT2D eigenvalue weighted by Gasteiger charge is -2.29. The number of fused-ring (bicyclic) bond motifs is 1. The second kappa shape index (κ2) is 9.59. The molecule has 0 unspecified atom stereocenters. The molecule has 5 rings (SSSR count). The Kier molecular flexibility index (Phi) is 6.38. The Labute approximate surface area is 203 Å². The molecule has 1 aromatic heterocycles. The maximum absolute atomic E-state index is 12.7. The SMILES string of the molecule is [C-]#[N+]c1ccc(OC2CCC(NC(=O)c3cnc(N4C[C@H]5CC(=O)C[C@H]5C4)nc3)CC2)cc1Cl. The van der Waals surface area contributed by atoms with Crippen LogP contribution < -0.4 is 15.0 Å². The van der Waals surface area contributed by atoms with Gasteiger partial charge in [-0.05, 0) is 49.7 Å². The minimum Gasteiger partial charge on any atom is -0.490 e. The summed E-state index contributed by atoms with van der Waals surface area (Å²) < 4.78 is 6.03. The summed E-state index contributed by atoms with van der Waals surface area (Å²) in [7, 11) is 0. The topological polar surface area (TPSA) is 88.8 Å². The van der Waals surface area contributed by atoms with Crippen molar-refractivity contribution < 1.29 is 14.3 Å². The Balaban J connectivity index is 1.09. The van der Waals surface area contributed by atoms with Gasteiger partial charge < -0.3 is 15.0 Å². The molecule has 1 N–H and O–H groups in total. The minimum absolute atomic E-state index is 0.0564. The standard InChI is InChI=1S/C25H26ClN5O3/c1-27-23-7-6-21(10-22(23)26)34-20-4-2-18(3-5-20)30-24(33)17-11-28-25(29-12-17)31-13-15-8-19(32)9-16(15)14-31/h6-7,10-12,15-16,18,20H,2-5,8-9,13-14H2,(H,30,33)/t15-,16+,18?,20?. The second-order valence-electron chi connectivity index (χ2n) is 9.43. The number of carbonyl (C=O) groups excluding carboxylic acids is 2. The number of hydrogen-bond donors (Lipinski definition) is 1. The highest BCUT2D eigenvalue weighted by molar-refractivity contribution is 6.33. The van der Waals surface area contributed by atoms with Crippen molar-refractivity contribution in [1.82, 2.24) is 15.3 Å². The van der Waals surface area contributed by atoms with Gasteiger partial charge in [0.15, 0.2) is 0 Å². The zero-order valence-electron chi connectivity index (χ0n) is 18.7. The highest BCUT2D eigenvalue weighted by atomic mass is 35.5. The number of Topliss-reactive ketones (excluding diaryl/α,β-unsaturated/α-hetero) is 1. The van der Waals surface area contributed by atoms with Crippen LogP contribution in [-0.2, 0) is 4.79 Å². The van der Waals surface area contributed by atoms with E-state index in [1.807, 2.05) is 0 Å². The maximum atomic E-state index is 12.7. The summed E-state index contributed by atoms with van der Waals surface area (Å²) in [6, 6.07) is 5.20. The van der Waals surface area contributed by atoms with E-state index in [-0.39, 0.29) is 18.1 Å². The van der Waals surface area contributed by atoms with Gasteiger partial charge in [-0.3, -0.25) is 9.59 Å². The van der Waals surface area contributed by atoms with Gasteiger partial charge in [0.25, 0.3) is 5.91 Å². The molecule has 0 bridgehead atoms. The van der Waals surface area contributed by atoms with Crippen LogP contribution in [0.25, 0.3) is 4.85 Å². The first-order valence-electron chi connectivity index (χ1n) is 11.7. The predicted molar refractivity (Wildman–Crippen MR) is 127 cm³/mol. The van der Waals surface area contributed by atoms with E-state index in [1.54, 1.807) is 30.6 Å². The van der Waals surface area contributed by atoms with E-state index in [9.17, 15) is 9.59 Å². The molecule has 9 heteroatoms. The van der Waals surface area contributed by atoms with Crippen LogP contribution in [0.2, 0.25) is 5.02 Å². The van der Waals surface area contributed by atoms with Gasteiger partial charge in [-0.2, -0.15) is 0 Å². The lowest BCUT2D eigenvalue weighted by molar-refractivity contribution is -0.117. The molecular weight excluding hydrogens is 454 g/mol. The van der Waals surface area contributed by atoms with Crippen molar-refractivity contribution in [3.05, 3.63) is 52.6 Å². The summed E-state index contributed by atoms with van der Waals surface area (Å²) in [4.78, 5) is 38.6. The average molecular weight is 480 g/mol. The Morgan fingerprint density at radius 3 is 2.41 bits per heavy atom. The fourth-order valence-electron chi connectivity index (χ4n) is 5.27. The molecule has 176 valence electrons. The first-order valence-corrected chi connectivity index (χ1v) is 12.1. The van der Waals surface area contributed by atoms with Crippen molar-refractivity contribution in [3.8, 4) is 5.75 Å². The number of hydrogen-bond acceptors (Lipinski definition) is 6. The minimum atomic E-state index is -0.165. The summed E-state index contributed by atoms with van der Waals surface area (Å²) in [5.74, 6) is 2.31. The van der Waals surface area contributed by atoms with Crippen LogP contribution in [0.15, 0.2) is 30.6 Å². The number of carbonyl (C=O) groups is 2. The van der Waals surface area contributed by atoms with Gasteiger partial charge in [-0.15, -0.1) is 0 Å². The number of benzene rings is 1. The first-order chi connectivity index (χ1) is 16.5. The quantitative estimate of drug-likeness (QED) is 0.646. The maximum Gasteiger partial charge on any atom is 0.254 e. The van der Waals surface area contributed by atoms with Crippen molar-refractivity contribution in [2.24, 2.45) is 11.8 Å². The van der Waals surface area contributed by atoms with Crippen molar-refractivity contribution in [1.29, 1.82) is 0 Å². The predicted octanol–water partition coefficient (Wildman–Crippen LogP) is 4.22. The number of nitrogens with zero attached hydrogens (tertiary/aromatic N) is 4. The number of nitrogens with one attached hydrogen (secondary N) is 1. The van der Waals surface area contributed by atoms with Gasteiger partial charge in [0.05, 0.1) is 23.3 Å². The molecule has 3 aliphatic rings. The Bertz CT molecular complexity index is 1110. The van der Waals surface area contributed by atoms with Crippen LogP contribution in [-0.4, -0.2) is 46.9 Å². The number of halogens is 1. The van der Waals surface area contributed by atoms with E-state index >= 15 is 0 Å². The fraction of sp³-hybridized carbons (Fsp3) is 0.480. The van der Waals surface area contributed by atoms with Gasteiger partial charge in [-0.1, -0.05) is 17.7 Å². The molecule has 0 spiro atoms. The monoisotopic (exact) mass is 479 g/mol. The third-order valence-electron chi connectivity index (χ3n) is 7.09. The van der Waals surface area contributed by atoms with E-state index in [0.717, 1.165) is 38.8 Å². The van der Waals surface area contributed by atoms with E-state index in [2.05, 4.69) is 25.0 Å². The summed E-state index contributed by atoms with van der Waals surface area (Å²) in [6.45, 7) is 8.69. The highest BCUT2D eigenvalue weighted by Gasteiger charge is 2.41. The molecule has 2 atom stereocenters. The van der Waals surface area contributed by atoms with Crippen molar-refractivity contribution >= 4 is 34.9 Å². The average Bonchev–Trinajstić information content (AvgIpc) is 3.38. The number of ketones is 1. The van der Waals surface area contributed by atoms with E-state index in [1.165, 1.54) is 0 Å². The molecule has 2 heterocycles. The van der Waals surface area contributed by atoms with Crippen LogP contribution in [0.3, 0.4) is 0 Å². The molecule has 2 saturated carbocycles. The number of anilines is 1. The normalized spacial score (nSPS) is 26.1. The van der Waals surface area contributed by atoms with Crippen LogP contribution in [0, 0.1) is 18.4 Å². The second-order valence-corrected chi connectivity index (χ2v) is 9.84. The molecule has 1 aliphatic heterocycles. The van der Waals surface area contributed by atoms with Gasteiger partial charge in [0, 0.05) is 44.4 Å². The largest absolute Gasteiger partial charge is 0.490 e. The Hall–Kier alpha value is -3.18. The molecule has 2 aromatic rings. The molecule has 1 aromatic carbocycles. The number of amides is 1. The third kappa shape index (κ3) is 4.85. The summed E-state index contributed by atoms with van der Waals surface area (Å²) >= 11 is 6.09. The molecule has 1 amide bonds. The third-order valence-corrected chi connectivity index (χ3v) is 7.39. The summed E-state index contributed by atoms with van der Waals surface area (Å²) in [5, 5.41) is 3.48. The highest BCUT2D eigenvalue weighted by Crippen LogP contribution is 2.37. The fourth-order valence-corrected chi connectivity index (χ4v) is 5.49. The molecule has 3 fully saturated rings. The molecule has 34 heavy (non-hydrogen) atoms. The summed E-state index contributed by atoms with van der Waals surface area (Å²) in [6.07, 6.45) is 7.83. The van der Waals surface area contributed by atoms with Crippen LogP contribution >= 0.6 is 11.6 Å². The zero-order valence-corrected chi connectivity index (χ0v) is 19.5. The van der Waals surface area contributed by atoms with E-state index in [0.29, 0.717) is 58.4 Å². The molecule has 8 nitrogen and oxygen atoms in total. The zero-order chi connectivity index (χ0) is 23.7. The lowest BCUT2D eigenvalue weighted by Crippen LogP contribution is -2.39. The number of rotatable bonds is 5. The van der Waals surface area contributed by atoms with Gasteiger partial charge >= 0.3 is 0 Å². The van der Waals surface area contributed by atoms with E-state index < -0.39 is 0 Å². The van der Waals surface area contributed by atoms with Gasteiger partial charge in [-0.25, -0.2) is 14.8 Å². The van der Waals surface area contributed by atoms with Crippen molar-refractivity contribution in [3.63, 3.8) is 0 Å². The van der Waals surface area contributed by atoms with Gasteiger partial charge in [0.1, 0.15) is 11.5 Å². The number of ether oxygens (including phenoxy) is 1. The summed E-state index contributed by atoms with van der Waals surface area (Å²) in [5.41, 5.74) is 0.864. The van der Waals surface area contributed by atoms with Crippen molar-refractivity contribution in [2.45, 2.75) is 50.7 Å². The Morgan fingerprint density at radius 1 is 1.12 bits per heavy atom. The van der Waals surface area contributed by atoms with Crippen LogP contribution in [0.4, 0.5) is 11.6 Å². The van der Waals surface area contributed by atoms with Crippen LogP contribution in [0.1, 0.15) is 48.9 Å². The number of aromatic nitrogens is 2. The van der Waals surface area contributed by atoms with Gasteiger partial charge in [0.2, 0.25) is 11.6 Å². The Morgan fingerprint density at radius 2 is 1.79 bits per heavy atom. The smallest absolute Gasteiger partial charge is 0.254 e. The first kappa shape index (κ1) is 22.6. The van der Waals surface area contributed by atoms with Crippen LogP contribution in [0.5, 0.6) is 5.75 Å². The molecule has 1 saturated heterocycles. The van der Waals surface area contributed by atoms with E-state index in [4.69, 9.17) is 22.9 Å².